The maximum absolute atomic E-state index is 11.5. The SMILES string of the molecule is COC(=O)c1cccc(OC)c1C(C)Br. The highest BCUT2D eigenvalue weighted by molar-refractivity contribution is 9.09. The number of methoxy groups -OCH3 is 2. The van der Waals surface area contributed by atoms with Crippen molar-refractivity contribution in [1.29, 1.82) is 0 Å². The fourth-order valence-corrected chi connectivity index (χ4v) is 1.89. The largest absolute Gasteiger partial charge is 0.496 e. The van der Waals surface area contributed by atoms with Gasteiger partial charge in [0.25, 0.3) is 0 Å². The van der Waals surface area contributed by atoms with Crippen molar-refractivity contribution >= 4 is 21.9 Å². The van der Waals surface area contributed by atoms with Crippen LogP contribution in [-0.4, -0.2) is 20.2 Å². The molecule has 15 heavy (non-hydrogen) atoms. The Morgan fingerprint density at radius 1 is 1.40 bits per heavy atom. The van der Waals surface area contributed by atoms with Crippen LogP contribution < -0.4 is 4.74 Å². The normalized spacial score (nSPS) is 12.0. The summed E-state index contributed by atoms with van der Waals surface area (Å²) in [5, 5.41) is 0. The van der Waals surface area contributed by atoms with E-state index in [0.29, 0.717) is 11.3 Å². The Labute approximate surface area is 97.5 Å². The first kappa shape index (κ1) is 12.0. The molecule has 1 rings (SSSR count). The minimum Gasteiger partial charge on any atom is -0.496 e. The third-order valence-corrected chi connectivity index (χ3v) is 2.55. The van der Waals surface area contributed by atoms with Crippen LogP contribution in [0.25, 0.3) is 0 Å². The first-order valence-corrected chi connectivity index (χ1v) is 5.42. The molecule has 1 aromatic rings. The Kier molecular flexibility index (Phi) is 4.15. The molecule has 0 aliphatic carbocycles. The Balaban J connectivity index is 3.31. The molecular weight excluding hydrogens is 260 g/mol. The molecule has 0 spiro atoms. The van der Waals surface area contributed by atoms with Gasteiger partial charge in [-0.3, -0.25) is 0 Å². The van der Waals surface area contributed by atoms with Crippen molar-refractivity contribution in [3.8, 4) is 5.75 Å². The molecule has 82 valence electrons. The Hall–Kier alpha value is -1.03. The molecule has 0 fully saturated rings. The molecule has 0 radical (unpaired) electrons. The van der Waals surface area contributed by atoms with Crippen LogP contribution in [0, 0.1) is 0 Å². The van der Waals surface area contributed by atoms with E-state index >= 15 is 0 Å². The zero-order chi connectivity index (χ0) is 11.4. The summed E-state index contributed by atoms with van der Waals surface area (Å²) < 4.78 is 9.92. The standard InChI is InChI=1S/C11H13BrO3/c1-7(12)10-8(11(13)15-3)5-4-6-9(10)14-2/h4-7H,1-3H3. The van der Waals surface area contributed by atoms with Gasteiger partial charge < -0.3 is 9.47 Å². The minimum absolute atomic E-state index is 0.0303. The second-order valence-electron chi connectivity index (χ2n) is 3.03. The van der Waals surface area contributed by atoms with Crippen LogP contribution in [0.5, 0.6) is 5.75 Å². The third-order valence-electron chi connectivity index (χ3n) is 2.09. The van der Waals surface area contributed by atoms with E-state index in [-0.39, 0.29) is 10.8 Å². The predicted molar refractivity (Wildman–Crippen MR) is 61.7 cm³/mol. The summed E-state index contributed by atoms with van der Waals surface area (Å²) in [6, 6.07) is 5.31. The molecule has 0 bridgehead atoms. The average molecular weight is 273 g/mol. The quantitative estimate of drug-likeness (QED) is 0.627. The van der Waals surface area contributed by atoms with Crippen LogP contribution >= 0.6 is 15.9 Å². The molecule has 0 aliphatic rings. The van der Waals surface area contributed by atoms with Crippen LogP contribution in [0.2, 0.25) is 0 Å². The maximum atomic E-state index is 11.5. The second kappa shape index (κ2) is 5.16. The molecule has 1 atom stereocenters. The Morgan fingerprint density at radius 2 is 2.07 bits per heavy atom. The van der Waals surface area contributed by atoms with Gasteiger partial charge in [0, 0.05) is 10.4 Å². The van der Waals surface area contributed by atoms with Crippen molar-refractivity contribution in [3.05, 3.63) is 29.3 Å². The molecular formula is C11H13BrO3. The zero-order valence-corrected chi connectivity index (χ0v) is 10.5. The van der Waals surface area contributed by atoms with Crippen molar-refractivity contribution in [2.24, 2.45) is 0 Å². The van der Waals surface area contributed by atoms with Gasteiger partial charge >= 0.3 is 5.97 Å². The number of esters is 1. The summed E-state index contributed by atoms with van der Waals surface area (Å²) in [5.41, 5.74) is 1.34. The summed E-state index contributed by atoms with van der Waals surface area (Å²) in [7, 11) is 2.94. The molecule has 4 heteroatoms. The lowest BCUT2D eigenvalue weighted by Gasteiger charge is -2.14. The van der Waals surface area contributed by atoms with Gasteiger partial charge in [-0.25, -0.2) is 4.79 Å². The van der Waals surface area contributed by atoms with E-state index in [4.69, 9.17) is 9.47 Å². The summed E-state index contributed by atoms with van der Waals surface area (Å²) in [4.78, 5) is 11.5. The predicted octanol–water partition coefficient (Wildman–Crippen LogP) is 2.94. The molecule has 0 aliphatic heterocycles. The number of hydrogen-bond donors (Lipinski definition) is 0. The van der Waals surface area contributed by atoms with Gasteiger partial charge in [0.1, 0.15) is 5.75 Å². The van der Waals surface area contributed by atoms with E-state index in [2.05, 4.69) is 15.9 Å². The van der Waals surface area contributed by atoms with Crippen LogP contribution in [0.1, 0.15) is 27.7 Å². The number of alkyl halides is 1. The highest BCUT2D eigenvalue weighted by Gasteiger charge is 2.18. The number of hydrogen-bond acceptors (Lipinski definition) is 3. The van der Waals surface area contributed by atoms with Crippen molar-refractivity contribution in [2.75, 3.05) is 14.2 Å². The van der Waals surface area contributed by atoms with Crippen LogP contribution in [0.3, 0.4) is 0 Å². The van der Waals surface area contributed by atoms with Gasteiger partial charge in [-0.15, -0.1) is 0 Å². The van der Waals surface area contributed by atoms with Gasteiger partial charge in [0.2, 0.25) is 0 Å². The van der Waals surface area contributed by atoms with Gasteiger partial charge in [-0.1, -0.05) is 22.0 Å². The van der Waals surface area contributed by atoms with Crippen molar-refractivity contribution in [2.45, 2.75) is 11.8 Å². The van der Waals surface area contributed by atoms with Crippen molar-refractivity contribution in [1.82, 2.24) is 0 Å². The lowest BCUT2D eigenvalue weighted by Crippen LogP contribution is -2.07. The fraction of sp³-hybridized carbons (Fsp3) is 0.364. The molecule has 0 saturated heterocycles. The lowest BCUT2D eigenvalue weighted by molar-refractivity contribution is 0.0599. The van der Waals surface area contributed by atoms with Crippen LogP contribution in [0.15, 0.2) is 18.2 Å². The highest BCUT2D eigenvalue weighted by atomic mass is 79.9. The van der Waals surface area contributed by atoms with Crippen LogP contribution in [-0.2, 0) is 4.74 Å². The summed E-state index contributed by atoms with van der Waals surface area (Å²) in [5.74, 6) is 0.331. The van der Waals surface area contributed by atoms with E-state index in [9.17, 15) is 4.79 Å². The number of carbonyl (C=O) groups is 1. The Morgan fingerprint density at radius 3 is 2.53 bits per heavy atom. The van der Waals surface area contributed by atoms with Crippen molar-refractivity contribution in [3.63, 3.8) is 0 Å². The molecule has 3 nitrogen and oxygen atoms in total. The van der Waals surface area contributed by atoms with Gasteiger partial charge in [0.15, 0.2) is 0 Å². The fourth-order valence-electron chi connectivity index (χ4n) is 1.42. The summed E-state index contributed by atoms with van der Waals surface area (Å²) >= 11 is 3.43. The topological polar surface area (TPSA) is 35.5 Å². The number of benzene rings is 1. The molecule has 0 N–H and O–H groups in total. The van der Waals surface area contributed by atoms with E-state index in [1.807, 2.05) is 13.0 Å². The van der Waals surface area contributed by atoms with Gasteiger partial charge in [-0.2, -0.15) is 0 Å². The highest BCUT2D eigenvalue weighted by Crippen LogP contribution is 2.33. The first-order valence-electron chi connectivity index (χ1n) is 4.51. The third kappa shape index (κ3) is 2.50. The lowest BCUT2D eigenvalue weighted by atomic mass is 10.0. The molecule has 0 aromatic heterocycles. The number of halogens is 1. The molecule has 0 amide bonds. The zero-order valence-electron chi connectivity index (χ0n) is 8.91. The maximum Gasteiger partial charge on any atom is 0.338 e. The monoisotopic (exact) mass is 272 g/mol. The molecule has 0 saturated carbocycles. The number of ether oxygens (including phenoxy) is 2. The van der Waals surface area contributed by atoms with E-state index in [0.717, 1.165) is 5.56 Å². The summed E-state index contributed by atoms with van der Waals surface area (Å²) in [6.45, 7) is 1.93. The summed E-state index contributed by atoms with van der Waals surface area (Å²) in [6.07, 6.45) is 0. The molecule has 0 heterocycles. The smallest absolute Gasteiger partial charge is 0.338 e. The Bertz CT molecular complexity index is 361. The number of carbonyl (C=O) groups excluding carboxylic acids is 1. The first-order chi connectivity index (χ1) is 7.11. The minimum atomic E-state index is -0.352. The second-order valence-corrected chi connectivity index (χ2v) is 4.40. The average Bonchev–Trinajstić information content (AvgIpc) is 2.26. The van der Waals surface area contributed by atoms with E-state index < -0.39 is 0 Å². The van der Waals surface area contributed by atoms with Gasteiger partial charge in [0.05, 0.1) is 19.8 Å². The molecule has 1 aromatic carbocycles. The van der Waals surface area contributed by atoms with E-state index in [1.54, 1.807) is 19.2 Å². The number of rotatable bonds is 3. The van der Waals surface area contributed by atoms with Gasteiger partial charge in [-0.05, 0) is 19.1 Å². The van der Waals surface area contributed by atoms with E-state index in [1.165, 1.54) is 7.11 Å². The molecule has 1 unspecified atom stereocenters. The van der Waals surface area contributed by atoms with Crippen molar-refractivity contribution < 1.29 is 14.3 Å². The van der Waals surface area contributed by atoms with Crippen LogP contribution in [0.4, 0.5) is 0 Å².